The van der Waals surface area contributed by atoms with Crippen LogP contribution in [0.15, 0.2) is 49.1 Å². The predicted octanol–water partition coefficient (Wildman–Crippen LogP) is 3.67. The lowest BCUT2D eigenvalue weighted by molar-refractivity contribution is -0.119. The standard InChI is InChI=1S/C21H23NO5/c1-5-8-26-18-7-6-16(12-19(18)25-4)21(24)27-13-20(23)22-17-10-14(2)9-15(3)11-17/h5-7,9-12H,1,8,13H2,2-4H3,(H,22,23). The molecule has 1 amide bonds. The second-order valence-corrected chi connectivity index (χ2v) is 5.97. The van der Waals surface area contributed by atoms with E-state index in [0.29, 0.717) is 23.8 Å². The molecule has 2 rings (SSSR count). The molecule has 0 heterocycles. The molecule has 0 radical (unpaired) electrons. The minimum atomic E-state index is -0.626. The van der Waals surface area contributed by atoms with Gasteiger partial charge in [-0.25, -0.2) is 4.79 Å². The number of carbonyl (C=O) groups excluding carboxylic acids is 2. The first-order valence-electron chi connectivity index (χ1n) is 8.40. The molecule has 142 valence electrons. The summed E-state index contributed by atoms with van der Waals surface area (Å²) < 4.78 is 15.7. The minimum absolute atomic E-state index is 0.261. The number of ether oxygens (including phenoxy) is 3. The molecule has 0 spiro atoms. The lowest BCUT2D eigenvalue weighted by Gasteiger charge is -2.11. The third kappa shape index (κ3) is 5.88. The maximum atomic E-state index is 12.2. The number of anilines is 1. The van der Waals surface area contributed by atoms with Crippen LogP contribution in [-0.2, 0) is 9.53 Å². The van der Waals surface area contributed by atoms with Crippen molar-refractivity contribution in [1.82, 2.24) is 0 Å². The van der Waals surface area contributed by atoms with E-state index in [1.807, 2.05) is 32.0 Å². The van der Waals surface area contributed by atoms with E-state index in [2.05, 4.69) is 11.9 Å². The smallest absolute Gasteiger partial charge is 0.338 e. The second-order valence-electron chi connectivity index (χ2n) is 5.97. The van der Waals surface area contributed by atoms with Gasteiger partial charge in [0.2, 0.25) is 0 Å². The Balaban J connectivity index is 1.96. The van der Waals surface area contributed by atoms with E-state index >= 15 is 0 Å². The van der Waals surface area contributed by atoms with Crippen molar-refractivity contribution >= 4 is 17.6 Å². The first kappa shape index (κ1) is 20.0. The van der Waals surface area contributed by atoms with Crippen molar-refractivity contribution in [2.75, 3.05) is 25.6 Å². The van der Waals surface area contributed by atoms with Crippen LogP contribution in [0.1, 0.15) is 21.5 Å². The molecule has 0 saturated heterocycles. The topological polar surface area (TPSA) is 73.9 Å². The number of hydrogen-bond donors (Lipinski definition) is 1. The van der Waals surface area contributed by atoms with Crippen molar-refractivity contribution in [2.24, 2.45) is 0 Å². The summed E-state index contributed by atoms with van der Waals surface area (Å²) >= 11 is 0. The predicted molar refractivity (Wildman–Crippen MR) is 104 cm³/mol. The number of rotatable bonds is 8. The van der Waals surface area contributed by atoms with Gasteiger partial charge >= 0.3 is 5.97 Å². The van der Waals surface area contributed by atoms with Crippen LogP contribution in [-0.4, -0.2) is 32.2 Å². The Morgan fingerprint density at radius 1 is 1.07 bits per heavy atom. The number of hydrogen-bond acceptors (Lipinski definition) is 5. The Kier molecular flexibility index (Phi) is 7.00. The van der Waals surface area contributed by atoms with Gasteiger partial charge < -0.3 is 19.5 Å². The highest BCUT2D eigenvalue weighted by Gasteiger charge is 2.14. The van der Waals surface area contributed by atoms with Gasteiger partial charge in [0.15, 0.2) is 18.1 Å². The van der Waals surface area contributed by atoms with E-state index in [0.717, 1.165) is 11.1 Å². The Morgan fingerprint density at radius 3 is 2.41 bits per heavy atom. The molecule has 0 aromatic heterocycles. The van der Waals surface area contributed by atoms with Gasteiger partial charge in [-0.3, -0.25) is 4.79 Å². The third-order valence-corrected chi connectivity index (χ3v) is 3.60. The quantitative estimate of drug-likeness (QED) is 0.568. The van der Waals surface area contributed by atoms with Gasteiger partial charge in [-0.05, 0) is 55.3 Å². The molecule has 0 atom stereocenters. The van der Waals surface area contributed by atoms with Crippen molar-refractivity contribution in [2.45, 2.75) is 13.8 Å². The van der Waals surface area contributed by atoms with Gasteiger partial charge in [0.1, 0.15) is 6.61 Å². The van der Waals surface area contributed by atoms with E-state index < -0.39 is 11.9 Å². The van der Waals surface area contributed by atoms with Crippen LogP contribution < -0.4 is 14.8 Å². The molecule has 1 N–H and O–H groups in total. The molecule has 2 aromatic rings. The third-order valence-electron chi connectivity index (χ3n) is 3.60. The zero-order valence-electron chi connectivity index (χ0n) is 15.7. The Labute approximate surface area is 158 Å². The van der Waals surface area contributed by atoms with Crippen molar-refractivity contribution in [1.29, 1.82) is 0 Å². The second kappa shape index (κ2) is 9.43. The van der Waals surface area contributed by atoms with Crippen LogP contribution in [0.25, 0.3) is 0 Å². The molecular formula is C21H23NO5. The highest BCUT2D eigenvalue weighted by molar-refractivity contribution is 5.95. The number of methoxy groups -OCH3 is 1. The highest BCUT2D eigenvalue weighted by atomic mass is 16.5. The van der Waals surface area contributed by atoms with Crippen LogP contribution in [0.2, 0.25) is 0 Å². The molecule has 0 aliphatic carbocycles. The lowest BCUT2D eigenvalue weighted by Crippen LogP contribution is -2.21. The maximum Gasteiger partial charge on any atom is 0.338 e. The summed E-state index contributed by atoms with van der Waals surface area (Å²) in [5, 5.41) is 2.71. The molecule has 0 saturated carbocycles. The molecule has 27 heavy (non-hydrogen) atoms. The monoisotopic (exact) mass is 369 g/mol. The summed E-state index contributed by atoms with van der Waals surface area (Å²) in [7, 11) is 1.47. The first-order valence-corrected chi connectivity index (χ1v) is 8.40. The fourth-order valence-corrected chi connectivity index (χ4v) is 2.52. The van der Waals surface area contributed by atoms with Crippen molar-refractivity contribution in [3.63, 3.8) is 0 Å². The van der Waals surface area contributed by atoms with Gasteiger partial charge in [-0.1, -0.05) is 18.7 Å². The molecule has 6 heteroatoms. The van der Waals surface area contributed by atoms with Crippen LogP contribution in [0.4, 0.5) is 5.69 Å². The van der Waals surface area contributed by atoms with E-state index in [9.17, 15) is 9.59 Å². The zero-order valence-corrected chi connectivity index (χ0v) is 15.7. The Hall–Kier alpha value is -3.28. The summed E-state index contributed by atoms with van der Waals surface area (Å²) in [6.45, 7) is 7.40. The molecular weight excluding hydrogens is 346 g/mol. The van der Waals surface area contributed by atoms with E-state index in [4.69, 9.17) is 14.2 Å². The van der Waals surface area contributed by atoms with Gasteiger partial charge in [0.25, 0.3) is 5.91 Å². The Bertz CT molecular complexity index is 824. The lowest BCUT2D eigenvalue weighted by atomic mass is 10.1. The van der Waals surface area contributed by atoms with E-state index in [-0.39, 0.29) is 12.2 Å². The minimum Gasteiger partial charge on any atom is -0.493 e. The fraction of sp³-hybridized carbons (Fsp3) is 0.238. The average molecular weight is 369 g/mol. The zero-order chi connectivity index (χ0) is 19.8. The maximum absolute atomic E-state index is 12.2. The summed E-state index contributed by atoms with van der Waals surface area (Å²) in [5.74, 6) is -0.155. The van der Waals surface area contributed by atoms with Crippen LogP contribution in [0, 0.1) is 13.8 Å². The molecule has 0 unspecified atom stereocenters. The van der Waals surface area contributed by atoms with Gasteiger partial charge in [0.05, 0.1) is 12.7 Å². The van der Waals surface area contributed by atoms with Crippen LogP contribution in [0.5, 0.6) is 11.5 Å². The molecule has 0 aliphatic heterocycles. The van der Waals surface area contributed by atoms with Gasteiger partial charge in [-0.2, -0.15) is 0 Å². The molecule has 0 fully saturated rings. The van der Waals surface area contributed by atoms with E-state index in [1.54, 1.807) is 18.2 Å². The van der Waals surface area contributed by atoms with Crippen molar-refractivity contribution in [3.8, 4) is 11.5 Å². The van der Waals surface area contributed by atoms with Gasteiger partial charge in [0, 0.05) is 5.69 Å². The Morgan fingerprint density at radius 2 is 1.78 bits per heavy atom. The summed E-state index contributed by atoms with van der Waals surface area (Å²) in [5.41, 5.74) is 3.00. The summed E-state index contributed by atoms with van der Waals surface area (Å²) in [6.07, 6.45) is 1.61. The normalized spacial score (nSPS) is 10.0. The number of esters is 1. The van der Waals surface area contributed by atoms with Crippen LogP contribution >= 0.6 is 0 Å². The number of nitrogens with one attached hydrogen (secondary N) is 1. The summed E-state index contributed by atoms with van der Waals surface area (Å²) in [6, 6.07) is 10.4. The molecule has 2 aromatic carbocycles. The van der Waals surface area contributed by atoms with Crippen LogP contribution in [0.3, 0.4) is 0 Å². The van der Waals surface area contributed by atoms with E-state index in [1.165, 1.54) is 13.2 Å². The highest BCUT2D eigenvalue weighted by Crippen LogP contribution is 2.28. The average Bonchev–Trinajstić information content (AvgIpc) is 2.63. The molecule has 0 aliphatic rings. The fourth-order valence-electron chi connectivity index (χ4n) is 2.52. The molecule has 0 bridgehead atoms. The van der Waals surface area contributed by atoms with Gasteiger partial charge in [-0.15, -0.1) is 0 Å². The number of benzene rings is 2. The first-order chi connectivity index (χ1) is 12.9. The van der Waals surface area contributed by atoms with Crippen molar-refractivity contribution in [3.05, 3.63) is 65.7 Å². The molecule has 6 nitrogen and oxygen atoms in total. The van der Waals surface area contributed by atoms with Crippen molar-refractivity contribution < 1.29 is 23.8 Å². The number of amides is 1. The summed E-state index contributed by atoms with van der Waals surface area (Å²) in [4.78, 5) is 24.2. The number of aryl methyl sites for hydroxylation is 2. The largest absolute Gasteiger partial charge is 0.493 e. The number of carbonyl (C=O) groups is 2. The SMILES string of the molecule is C=CCOc1ccc(C(=O)OCC(=O)Nc2cc(C)cc(C)c2)cc1OC.